The second-order valence-electron chi connectivity index (χ2n) is 3.55. The van der Waals surface area contributed by atoms with Gasteiger partial charge in [0, 0.05) is 11.8 Å². The van der Waals surface area contributed by atoms with E-state index in [1.807, 2.05) is 6.07 Å². The van der Waals surface area contributed by atoms with Crippen LogP contribution in [0.1, 0.15) is 11.1 Å². The molecule has 0 bridgehead atoms. The van der Waals surface area contributed by atoms with Crippen LogP contribution in [0.3, 0.4) is 0 Å². The van der Waals surface area contributed by atoms with Crippen molar-refractivity contribution in [1.82, 2.24) is 4.98 Å². The number of rotatable bonds is 1. The molecule has 0 aliphatic heterocycles. The van der Waals surface area contributed by atoms with E-state index in [0.717, 1.165) is 6.07 Å². The third-order valence-electron chi connectivity index (χ3n) is 2.42. The maximum atomic E-state index is 12.8. The normalized spacial score (nSPS) is 11.0. The van der Waals surface area contributed by atoms with Crippen LogP contribution in [-0.4, -0.2) is 4.98 Å². The van der Waals surface area contributed by atoms with Crippen LogP contribution in [-0.2, 0) is 6.18 Å². The van der Waals surface area contributed by atoms with Crippen LogP contribution >= 0.6 is 0 Å². The fourth-order valence-corrected chi connectivity index (χ4v) is 1.64. The summed E-state index contributed by atoms with van der Waals surface area (Å²) in [4.78, 5) is 3.75. The van der Waals surface area contributed by atoms with Crippen LogP contribution in [0.5, 0.6) is 0 Å². The average Bonchev–Trinajstić information content (AvgIpc) is 2.37. The van der Waals surface area contributed by atoms with Crippen molar-refractivity contribution < 1.29 is 13.2 Å². The largest absolute Gasteiger partial charge is 0.418 e. The molecule has 0 saturated heterocycles. The highest BCUT2D eigenvalue weighted by molar-refractivity contribution is 5.70. The molecule has 0 amide bonds. The van der Waals surface area contributed by atoms with Crippen molar-refractivity contribution in [3.05, 3.63) is 53.7 Å². The topological polar surface area (TPSA) is 36.7 Å². The molecule has 1 heterocycles. The number of nitriles is 1. The predicted molar refractivity (Wildman–Crippen MR) is 59.4 cm³/mol. The Kier molecular flexibility index (Phi) is 3.02. The molecular formula is C13H7F3N2. The predicted octanol–water partition coefficient (Wildman–Crippen LogP) is 3.64. The van der Waals surface area contributed by atoms with Gasteiger partial charge >= 0.3 is 6.18 Å². The molecular weight excluding hydrogens is 241 g/mol. The highest BCUT2D eigenvalue weighted by Gasteiger charge is 2.34. The summed E-state index contributed by atoms with van der Waals surface area (Å²) in [7, 11) is 0. The maximum absolute atomic E-state index is 12.8. The standard InChI is InChI=1S/C13H7F3N2/c14-13(15,16)11-6-3-7-18-12(11)10-5-2-1-4-9(10)8-17/h1-7H. The van der Waals surface area contributed by atoms with Gasteiger partial charge in [0.1, 0.15) is 0 Å². The number of hydrogen-bond acceptors (Lipinski definition) is 2. The molecule has 0 aliphatic carbocycles. The van der Waals surface area contributed by atoms with Crippen LogP contribution in [0.4, 0.5) is 13.2 Å². The highest BCUT2D eigenvalue weighted by Crippen LogP contribution is 2.36. The summed E-state index contributed by atoms with van der Waals surface area (Å²) in [5.74, 6) is 0. The second kappa shape index (κ2) is 4.49. The van der Waals surface area contributed by atoms with E-state index in [1.165, 1.54) is 24.4 Å². The fourth-order valence-electron chi connectivity index (χ4n) is 1.64. The smallest absolute Gasteiger partial charge is 0.256 e. The third kappa shape index (κ3) is 2.18. The van der Waals surface area contributed by atoms with Gasteiger partial charge in [0.15, 0.2) is 0 Å². The van der Waals surface area contributed by atoms with Crippen LogP contribution in [0, 0.1) is 11.3 Å². The molecule has 2 nitrogen and oxygen atoms in total. The van der Waals surface area contributed by atoms with Crippen LogP contribution in [0.15, 0.2) is 42.6 Å². The molecule has 1 aromatic carbocycles. The highest BCUT2D eigenvalue weighted by atomic mass is 19.4. The SMILES string of the molecule is N#Cc1ccccc1-c1ncccc1C(F)(F)F. The molecule has 2 rings (SSSR count). The minimum atomic E-state index is -4.49. The Labute approximate surface area is 101 Å². The minimum absolute atomic E-state index is 0.168. The van der Waals surface area contributed by atoms with E-state index in [9.17, 15) is 13.2 Å². The fraction of sp³-hybridized carbons (Fsp3) is 0.0769. The first kappa shape index (κ1) is 12.1. The molecule has 90 valence electrons. The number of nitrogens with zero attached hydrogens (tertiary/aromatic N) is 2. The summed E-state index contributed by atoms with van der Waals surface area (Å²) in [6, 6.07) is 10.1. The van der Waals surface area contributed by atoms with Crippen molar-refractivity contribution in [2.75, 3.05) is 0 Å². The monoisotopic (exact) mass is 248 g/mol. The number of benzene rings is 1. The molecule has 0 N–H and O–H groups in total. The van der Waals surface area contributed by atoms with Crippen LogP contribution < -0.4 is 0 Å². The van der Waals surface area contributed by atoms with Crippen molar-refractivity contribution >= 4 is 0 Å². The lowest BCUT2D eigenvalue weighted by atomic mass is 10.0. The number of alkyl halides is 3. The van der Waals surface area contributed by atoms with Gasteiger partial charge in [-0.3, -0.25) is 4.98 Å². The summed E-state index contributed by atoms with van der Waals surface area (Å²) in [5, 5.41) is 8.91. The Hall–Kier alpha value is -2.35. The lowest BCUT2D eigenvalue weighted by Gasteiger charge is -2.12. The summed E-state index contributed by atoms with van der Waals surface area (Å²) < 4.78 is 38.5. The summed E-state index contributed by atoms with van der Waals surface area (Å²) in [6.07, 6.45) is -3.22. The molecule has 0 radical (unpaired) electrons. The Bertz CT molecular complexity index is 612. The second-order valence-corrected chi connectivity index (χ2v) is 3.55. The number of halogens is 3. The molecule has 5 heteroatoms. The molecule has 0 unspecified atom stereocenters. The van der Waals surface area contributed by atoms with Crippen molar-refractivity contribution in [1.29, 1.82) is 5.26 Å². The van der Waals surface area contributed by atoms with Gasteiger partial charge in [0.25, 0.3) is 0 Å². The van der Waals surface area contributed by atoms with Gasteiger partial charge in [-0.25, -0.2) is 0 Å². The molecule has 0 atom stereocenters. The first-order valence-electron chi connectivity index (χ1n) is 5.06. The lowest BCUT2D eigenvalue weighted by Crippen LogP contribution is -2.08. The summed E-state index contributed by atoms with van der Waals surface area (Å²) in [5.41, 5.74) is -0.704. The van der Waals surface area contributed by atoms with Crippen LogP contribution in [0.25, 0.3) is 11.3 Å². The van der Waals surface area contributed by atoms with Gasteiger partial charge in [-0.1, -0.05) is 18.2 Å². The average molecular weight is 248 g/mol. The minimum Gasteiger partial charge on any atom is -0.256 e. The molecule has 1 aromatic heterocycles. The first-order valence-corrected chi connectivity index (χ1v) is 5.06. The Balaban J connectivity index is 2.69. The van der Waals surface area contributed by atoms with Gasteiger partial charge in [-0.2, -0.15) is 18.4 Å². The van der Waals surface area contributed by atoms with Gasteiger partial charge in [-0.15, -0.1) is 0 Å². The van der Waals surface area contributed by atoms with Crippen molar-refractivity contribution in [2.45, 2.75) is 6.18 Å². The molecule has 0 spiro atoms. The molecule has 0 fully saturated rings. The van der Waals surface area contributed by atoms with Gasteiger partial charge in [0.2, 0.25) is 0 Å². The number of aromatic nitrogens is 1. The van der Waals surface area contributed by atoms with Crippen LogP contribution in [0.2, 0.25) is 0 Å². The quantitative estimate of drug-likeness (QED) is 0.772. The molecule has 0 aliphatic rings. The molecule has 0 saturated carbocycles. The molecule has 2 aromatic rings. The third-order valence-corrected chi connectivity index (χ3v) is 2.42. The zero-order valence-corrected chi connectivity index (χ0v) is 9.07. The van der Waals surface area contributed by atoms with Gasteiger partial charge in [0.05, 0.1) is 22.9 Å². The van der Waals surface area contributed by atoms with E-state index in [1.54, 1.807) is 12.1 Å². The lowest BCUT2D eigenvalue weighted by molar-refractivity contribution is -0.137. The maximum Gasteiger partial charge on any atom is 0.418 e. The Morgan fingerprint density at radius 3 is 2.44 bits per heavy atom. The molecule has 18 heavy (non-hydrogen) atoms. The van der Waals surface area contributed by atoms with E-state index in [0.29, 0.717) is 0 Å². The van der Waals surface area contributed by atoms with Crippen molar-refractivity contribution in [3.63, 3.8) is 0 Å². The zero-order valence-electron chi connectivity index (χ0n) is 9.07. The first-order chi connectivity index (χ1) is 8.54. The number of hydrogen-bond donors (Lipinski definition) is 0. The Morgan fingerprint density at radius 2 is 1.78 bits per heavy atom. The van der Waals surface area contributed by atoms with Gasteiger partial charge < -0.3 is 0 Å². The van der Waals surface area contributed by atoms with Gasteiger partial charge in [-0.05, 0) is 18.2 Å². The van der Waals surface area contributed by atoms with E-state index >= 15 is 0 Å². The van der Waals surface area contributed by atoms with E-state index < -0.39 is 11.7 Å². The van der Waals surface area contributed by atoms with E-state index in [4.69, 9.17) is 5.26 Å². The van der Waals surface area contributed by atoms with E-state index in [2.05, 4.69) is 4.98 Å². The summed E-state index contributed by atoms with van der Waals surface area (Å²) >= 11 is 0. The summed E-state index contributed by atoms with van der Waals surface area (Å²) in [6.45, 7) is 0. The number of pyridine rings is 1. The van der Waals surface area contributed by atoms with Crippen molar-refractivity contribution in [3.8, 4) is 17.3 Å². The zero-order chi connectivity index (χ0) is 13.2. The van der Waals surface area contributed by atoms with Crippen molar-refractivity contribution in [2.24, 2.45) is 0 Å². The Morgan fingerprint density at radius 1 is 1.06 bits per heavy atom. The van der Waals surface area contributed by atoms with E-state index in [-0.39, 0.29) is 16.8 Å².